The number of aryl methyl sites for hydroxylation is 1. The number of hydrogen-bond donors (Lipinski definition) is 1. The molecule has 0 aliphatic heterocycles. The van der Waals surface area contributed by atoms with E-state index in [2.05, 4.69) is 51.1 Å². The Morgan fingerprint density at radius 2 is 2.11 bits per heavy atom. The highest BCUT2D eigenvalue weighted by atomic mass is 32.1. The number of thiophene rings is 1. The van der Waals surface area contributed by atoms with E-state index in [4.69, 9.17) is 4.74 Å². The number of nitrogens with one attached hydrogen (secondary N) is 1. The zero-order chi connectivity index (χ0) is 14.3. The summed E-state index contributed by atoms with van der Waals surface area (Å²) < 4.78 is 5.75. The van der Waals surface area contributed by atoms with E-state index in [1.807, 2.05) is 11.3 Å². The fraction of sp³-hybridized carbons (Fsp3) is 0.733. The summed E-state index contributed by atoms with van der Waals surface area (Å²) >= 11 is 1.87. The lowest BCUT2D eigenvalue weighted by molar-refractivity contribution is 0.113. The van der Waals surface area contributed by atoms with Crippen LogP contribution < -0.4 is 5.32 Å². The van der Waals surface area contributed by atoms with Crippen LogP contribution in [0.1, 0.15) is 35.6 Å². The fourth-order valence-corrected chi connectivity index (χ4v) is 2.79. The van der Waals surface area contributed by atoms with Crippen molar-refractivity contribution in [1.82, 2.24) is 10.2 Å². The molecule has 4 heteroatoms. The van der Waals surface area contributed by atoms with E-state index in [1.54, 1.807) is 0 Å². The van der Waals surface area contributed by atoms with Gasteiger partial charge in [0.1, 0.15) is 0 Å². The first kappa shape index (κ1) is 16.6. The van der Waals surface area contributed by atoms with Crippen molar-refractivity contribution in [2.24, 2.45) is 0 Å². The normalized spacial score (nSPS) is 11.7. The molecule has 0 amide bonds. The number of ether oxygens (including phenoxy) is 1. The van der Waals surface area contributed by atoms with Gasteiger partial charge < -0.3 is 15.0 Å². The van der Waals surface area contributed by atoms with E-state index in [0.717, 1.165) is 32.7 Å². The van der Waals surface area contributed by atoms with Gasteiger partial charge in [0.05, 0.1) is 6.61 Å². The standard InChI is InChI=1S/C15H28N2OS/c1-12(2)16-10-15-9-14(13(3)19-15)11-18-8-6-7-17(4)5/h9,12,16H,6-8,10-11H2,1-5H3. The van der Waals surface area contributed by atoms with Gasteiger partial charge in [0, 0.05) is 28.9 Å². The first-order valence-electron chi connectivity index (χ1n) is 7.03. The van der Waals surface area contributed by atoms with Gasteiger partial charge in [-0.15, -0.1) is 11.3 Å². The third kappa shape index (κ3) is 7.06. The summed E-state index contributed by atoms with van der Waals surface area (Å²) in [4.78, 5) is 4.97. The Bertz CT molecular complexity index is 361. The summed E-state index contributed by atoms with van der Waals surface area (Å²) in [5, 5.41) is 3.46. The molecule has 0 bridgehead atoms. The Morgan fingerprint density at radius 1 is 1.37 bits per heavy atom. The third-order valence-electron chi connectivity index (χ3n) is 2.91. The van der Waals surface area contributed by atoms with Crippen molar-refractivity contribution < 1.29 is 4.74 Å². The molecule has 0 radical (unpaired) electrons. The molecular formula is C15H28N2OS. The van der Waals surface area contributed by atoms with Gasteiger partial charge in [0.15, 0.2) is 0 Å². The van der Waals surface area contributed by atoms with Gasteiger partial charge in [-0.2, -0.15) is 0 Å². The van der Waals surface area contributed by atoms with Gasteiger partial charge in [-0.3, -0.25) is 0 Å². The molecule has 1 rings (SSSR count). The lowest BCUT2D eigenvalue weighted by atomic mass is 10.2. The first-order valence-corrected chi connectivity index (χ1v) is 7.84. The maximum absolute atomic E-state index is 5.75. The molecule has 1 heterocycles. The summed E-state index contributed by atoms with van der Waals surface area (Å²) in [6, 6.07) is 2.81. The van der Waals surface area contributed by atoms with E-state index < -0.39 is 0 Å². The summed E-state index contributed by atoms with van der Waals surface area (Å²) in [7, 11) is 4.19. The van der Waals surface area contributed by atoms with E-state index in [0.29, 0.717) is 6.04 Å². The molecule has 0 aliphatic rings. The molecule has 1 N–H and O–H groups in total. The molecule has 1 aromatic heterocycles. The van der Waals surface area contributed by atoms with Gasteiger partial charge in [-0.1, -0.05) is 13.8 Å². The smallest absolute Gasteiger partial charge is 0.0727 e. The van der Waals surface area contributed by atoms with Crippen LogP contribution in [-0.4, -0.2) is 38.2 Å². The van der Waals surface area contributed by atoms with E-state index in [1.165, 1.54) is 15.3 Å². The van der Waals surface area contributed by atoms with Crippen molar-refractivity contribution in [3.8, 4) is 0 Å². The second kappa shape index (κ2) is 8.69. The molecule has 0 saturated carbocycles. The lowest BCUT2D eigenvalue weighted by Crippen LogP contribution is -2.21. The Labute approximate surface area is 122 Å². The van der Waals surface area contributed by atoms with Crippen molar-refractivity contribution in [3.63, 3.8) is 0 Å². The predicted molar refractivity (Wildman–Crippen MR) is 83.9 cm³/mol. The van der Waals surface area contributed by atoms with Crippen LogP contribution in [-0.2, 0) is 17.9 Å². The largest absolute Gasteiger partial charge is 0.377 e. The van der Waals surface area contributed by atoms with Crippen LogP contribution in [0.5, 0.6) is 0 Å². The zero-order valence-electron chi connectivity index (χ0n) is 13.0. The van der Waals surface area contributed by atoms with Crippen LogP contribution in [0.2, 0.25) is 0 Å². The van der Waals surface area contributed by atoms with Crippen molar-refractivity contribution in [3.05, 3.63) is 21.4 Å². The summed E-state index contributed by atoms with van der Waals surface area (Å²) in [6.45, 7) is 10.2. The molecule has 0 unspecified atom stereocenters. The second-order valence-electron chi connectivity index (χ2n) is 5.54. The van der Waals surface area contributed by atoms with E-state index >= 15 is 0 Å². The first-order chi connectivity index (χ1) is 8.99. The molecule has 3 nitrogen and oxygen atoms in total. The van der Waals surface area contributed by atoms with Crippen LogP contribution in [0.15, 0.2) is 6.07 Å². The van der Waals surface area contributed by atoms with Gasteiger partial charge >= 0.3 is 0 Å². The van der Waals surface area contributed by atoms with Gasteiger partial charge in [-0.05, 0) is 45.6 Å². The van der Waals surface area contributed by atoms with Gasteiger partial charge in [0.2, 0.25) is 0 Å². The maximum atomic E-state index is 5.75. The van der Waals surface area contributed by atoms with Crippen molar-refractivity contribution >= 4 is 11.3 Å². The molecule has 19 heavy (non-hydrogen) atoms. The Morgan fingerprint density at radius 3 is 2.74 bits per heavy atom. The molecule has 110 valence electrons. The fourth-order valence-electron chi connectivity index (χ4n) is 1.79. The predicted octanol–water partition coefficient (Wildman–Crippen LogP) is 3.02. The quantitative estimate of drug-likeness (QED) is 0.706. The number of nitrogens with zero attached hydrogens (tertiary/aromatic N) is 1. The Hall–Kier alpha value is -0.420. The Kier molecular flexibility index (Phi) is 7.61. The SMILES string of the molecule is Cc1sc(CNC(C)C)cc1COCCCN(C)C. The average Bonchev–Trinajstić information content (AvgIpc) is 2.67. The van der Waals surface area contributed by atoms with Crippen molar-refractivity contribution in [2.45, 2.75) is 46.4 Å². The minimum atomic E-state index is 0.535. The van der Waals surface area contributed by atoms with Crippen molar-refractivity contribution in [2.75, 3.05) is 27.2 Å². The monoisotopic (exact) mass is 284 g/mol. The summed E-state index contributed by atoms with van der Waals surface area (Å²) in [5.41, 5.74) is 1.34. The highest BCUT2D eigenvalue weighted by molar-refractivity contribution is 7.12. The highest BCUT2D eigenvalue weighted by Gasteiger charge is 2.06. The molecule has 0 fully saturated rings. The molecule has 0 spiro atoms. The Balaban J connectivity index is 2.29. The minimum absolute atomic E-state index is 0.535. The summed E-state index contributed by atoms with van der Waals surface area (Å²) in [5.74, 6) is 0. The van der Waals surface area contributed by atoms with Gasteiger partial charge in [-0.25, -0.2) is 0 Å². The van der Waals surface area contributed by atoms with Crippen LogP contribution in [0.4, 0.5) is 0 Å². The molecule has 0 aliphatic carbocycles. The molecular weight excluding hydrogens is 256 g/mol. The van der Waals surface area contributed by atoms with Gasteiger partial charge in [0.25, 0.3) is 0 Å². The molecule has 0 aromatic carbocycles. The van der Waals surface area contributed by atoms with Crippen LogP contribution in [0.25, 0.3) is 0 Å². The van der Waals surface area contributed by atoms with E-state index in [9.17, 15) is 0 Å². The van der Waals surface area contributed by atoms with Crippen LogP contribution in [0.3, 0.4) is 0 Å². The maximum Gasteiger partial charge on any atom is 0.0727 e. The molecule has 1 aromatic rings. The minimum Gasteiger partial charge on any atom is -0.377 e. The number of rotatable bonds is 9. The lowest BCUT2D eigenvalue weighted by Gasteiger charge is -2.09. The topological polar surface area (TPSA) is 24.5 Å². The average molecular weight is 284 g/mol. The number of hydrogen-bond acceptors (Lipinski definition) is 4. The summed E-state index contributed by atoms with van der Waals surface area (Å²) in [6.07, 6.45) is 1.10. The van der Waals surface area contributed by atoms with Crippen LogP contribution in [0, 0.1) is 6.92 Å². The van der Waals surface area contributed by atoms with Crippen molar-refractivity contribution in [1.29, 1.82) is 0 Å². The van der Waals surface area contributed by atoms with Crippen LogP contribution >= 0.6 is 11.3 Å². The zero-order valence-corrected chi connectivity index (χ0v) is 13.8. The second-order valence-corrected chi connectivity index (χ2v) is 6.88. The highest BCUT2D eigenvalue weighted by Crippen LogP contribution is 2.22. The molecule has 0 atom stereocenters. The van der Waals surface area contributed by atoms with E-state index in [-0.39, 0.29) is 0 Å². The molecule has 0 saturated heterocycles. The third-order valence-corrected chi connectivity index (χ3v) is 4.00.